The van der Waals surface area contributed by atoms with Gasteiger partial charge in [-0.25, -0.2) is 0 Å². The van der Waals surface area contributed by atoms with Crippen molar-refractivity contribution in [3.8, 4) is 11.6 Å². The third-order valence-electron chi connectivity index (χ3n) is 6.17. The molecule has 0 aliphatic heterocycles. The molecule has 0 aromatic carbocycles. The van der Waals surface area contributed by atoms with Gasteiger partial charge in [0, 0.05) is 12.3 Å². The van der Waals surface area contributed by atoms with Crippen LogP contribution in [0.25, 0.3) is 0 Å². The van der Waals surface area contributed by atoms with Crippen molar-refractivity contribution in [2.75, 3.05) is 13.2 Å². The molecular weight excluding hydrogens is 382 g/mol. The molecule has 0 fully saturated rings. The van der Waals surface area contributed by atoms with Crippen molar-refractivity contribution in [2.24, 2.45) is 0 Å². The van der Waals surface area contributed by atoms with E-state index >= 15 is 0 Å². The van der Waals surface area contributed by atoms with Crippen molar-refractivity contribution < 1.29 is 9.47 Å². The van der Waals surface area contributed by atoms with Gasteiger partial charge in [-0.2, -0.15) is 0 Å². The van der Waals surface area contributed by atoms with E-state index in [0.29, 0.717) is 0 Å². The first-order valence-corrected chi connectivity index (χ1v) is 13.8. The molecule has 0 aliphatic carbocycles. The fourth-order valence-electron chi connectivity index (χ4n) is 4.10. The van der Waals surface area contributed by atoms with Gasteiger partial charge >= 0.3 is 0 Å². The summed E-state index contributed by atoms with van der Waals surface area (Å²) in [4.78, 5) is 3.18. The number of H-pyrrole nitrogens is 1. The Balaban J connectivity index is 1.91. The van der Waals surface area contributed by atoms with E-state index in [4.69, 9.17) is 9.47 Å². The lowest BCUT2D eigenvalue weighted by molar-refractivity contribution is 0.253. The summed E-state index contributed by atoms with van der Waals surface area (Å²) in [6.45, 7) is 6.14. The van der Waals surface area contributed by atoms with Crippen LogP contribution in [0, 0.1) is 0 Å². The third-order valence-corrected chi connectivity index (χ3v) is 6.17. The molecule has 3 nitrogen and oxygen atoms in total. The van der Waals surface area contributed by atoms with E-state index in [-0.39, 0.29) is 0 Å². The van der Waals surface area contributed by atoms with Crippen LogP contribution in [0.4, 0.5) is 0 Å². The number of unbranched alkanes of at least 4 members (excludes halogenated alkanes) is 18. The van der Waals surface area contributed by atoms with Crippen molar-refractivity contribution in [3.63, 3.8) is 0 Å². The van der Waals surface area contributed by atoms with Gasteiger partial charge in [0.2, 0.25) is 5.88 Å². The first kappa shape index (κ1) is 27.9. The van der Waals surface area contributed by atoms with E-state index in [1.165, 1.54) is 116 Å². The van der Waals surface area contributed by atoms with E-state index in [2.05, 4.69) is 18.8 Å². The SMILES string of the molecule is CCCCCCCCCCCCOc1cc[nH]c1OCCCCCCCCCCCC. The minimum atomic E-state index is 0.783. The largest absolute Gasteiger partial charge is 0.488 e. The van der Waals surface area contributed by atoms with Gasteiger partial charge in [0.1, 0.15) is 0 Å². The van der Waals surface area contributed by atoms with Crippen LogP contribution in [0.5, 0.6) is 11.6 Å². The monoisotopic (exact) mass is 435 g/mol. The molecule has 0 spiro atoms. The molecule has 0 aliphatic rings. The van der Waals surface area contributed by atoms with Crippen LogP contribution in [0.15, 0.2) is 12.3 Å². The van der Waals surface area contributed by atoms with E-state index in [0.717, 1.165) is 37.7 Å². The molecule has 1 rings (SSSR count). The number of rotatable bonds is 24. The average molecular weight is 436 g/mol. The summed E-state index contributed by atoms with van der Waals surface area (Å²) in [6, 6.07) is 1.99. The van der Waals surface area contributed by atoms with E-state index in [1.54, 1.807) is 0 Å². The predicted molar refractivity (Wildman–Crippen MR) is 135 cm³/mol. The normalized spacial score (nSPS) is 11.2. The molecule has 0 bridgehead atoms. The predicted octanol–water partition coefficient (Wildman–Crippen LogP) is 9.61. The zero-order valence-corrected chi connectivity index (χ0v) is 21.0. The molecule has 1 N–H and O–H groups in total. The van der Waals surface area contributed by atoms with Crippen molar-refractivity contribution in [2.45, 2.75) is 142 Å². The number of hydrogen-bond acceptors (Lipinski definition) is 2. The Kier molecular flexibility index (Phi) is 19.9. The maximum absolute atomic E-state index is 5.94. The lowest BCUT2D eigenvalue weighted by atomic mass is 10.1. The maximum Gasteiger partial charge on any atom is 0.234 e. The molecule has 1 aromatic heterocycles. The molecule has 1 heterocycles. The van der Waals surface area contributed by atoms with Crippen molar-refractivity contribution in [1.82, 2.24) is 4.98 Å². The molecule has 0 amide bonds. The van der Waals surface area contributed by atoms with Gasteiger partial charge in [-0.15, -0.1) is 0 Å². The Bertz CT molecular complexity index is 431. The van der Waals surface area contributed by atoms with E-state index in [9.17, 15) is 0 Å². The number of ether oxygens (including phenoxy) is 2. The molecule has 3 heteroatoms. The summed E-state index contributed by atoms with van der Waals surface area (Å²) in [6.07, 6.45) is 29.0. The maximum atomic E-state index is 5.94. The second-order valence-electron chi connectivity index (χ2n) is 9.23. The van der Waals surface area contributed by atoms with E-state index in [1.807, 2.05) is 12.3 Å². The Morgan fingerprint density at radius 3 is 1.35 bits per heavy atom. The molecule has 0 saturated heterocycles. The standard InChI is InChI=1S/C28H53NO2/c1-3-5-7-9-11-13-15-17-19-21-25-30-27-23-24-29-28(27)31-26-22-20-18-16-14-12-10-8-6-4-2/h23-24,29H,3-22,25-26H2,1-2H3. The van der Waals surface area contributed by atoms with E-state index < -0.39 is 0 Å². The molecule has 31 heavy (non-hydrogen) atoms. The number of aromatic amines is 1. The number of nitrogens with one attached hydrogen (secondary N) is 1. The smallest absolute Gasteiger partial charge is 0.234 e. The van der Waals surface area contributed by atoms with Crippen LogP contribution in [0.2, 0.25) is 0 Å². The highest BCUT2D eigenvalue weighted by atomic mass is 16.5. The van der Waals surface area contributed by atoms with Gasteiger partial charge in [0.25, 0.3) is 0 Å². The first-order valence-electron chi connectivity index (χ1n) is 13.8. The van der Waals surface area contributed by atoms with Crippen LogP contribution >= 0.6 is 0 Å². The molecule has 0 radical (unpaired) electrons. The second-order valence-corrected chi connectivity index (χ2v) is 9.23. The Labute approximate surface area is 194 Å². The minimum absolute atomic E-state index is 0.783. The van der Waals surface area contributed by atoms with Crippen LogP contribution < -0.4 is 9.47 Å². The fraction of sp³-hybridized carbons (Fsp3) is 0.857. The zero-order chi connectivity index (χ0) is 22.2. The minimum Gasteiger partial charge on any atom is -0.488 e. The Morgan fingerprint density at radius 1 is 0.516 bits per heavy atom. The summed E-state index contributed by atoms with van der Waals surface area (Å²) in [5, 5.41) is 0. The van der Waals surface area contributed by atoms with Gasteiger partial charge in [-0.1, -0.05) is 129 Å². The van der Waals surface area contributed by atoms with Crippen LogP contribution in [0.1, 0.15) is 142 Å². The highest BCUT2D eigenvalue weighted by Crippen LogP contribution is 2.25. The Morgan fingerprint density at radius 2 is 0.903 bits per heavy atom. The van der Waals surface area contributed by atoms with Crippen molar-refractivity contribution >= 4 is 0 Å². The molecule has 0 atom stereocenters. The van der Waals surface area contributed by atoms with Crippen molar-refractivity contribution in [1.29, 1.82) is 0 Å². The second kappa shape index (κ2) is 22.1. The van der Waals surface area contributed by atoms with Gasteiger partial charge in [0.15, 0.2) is 5.75 Å². The lowest BCUT2D eigenvalue weighted by Crippen LogP contribution is -2.02. The topological polar surface area (TPSA) is 34.2 Å². The molecule has 0 saturated carbocycles. The Hall–Kier alpha value is -1.12. The summed E-state index contributed by atoms with van der Waals surface area (Å²) in [5.74, 6) is 1.69. The van der Waals surface area contributed by atoms with Gasteiger partial charge < -0.3 is 14.5 Å². The lowest BCUT2D eigenvalue weighted by Gasteiger charge is -2.09. The first-order chi connectivity index (χ1) is 15.4. The summed E-state index contributed by atoms with van der Waals surface area (Å²) < 4.78 is 11.9. The number of aromatic nitrogens is 1. The van der Waals surface area contributed by atoms with Gasteiger partial charge in [-0.3, -0.25) is 0 Å². The molecular formula is C28H53NO2. The van der Waals surface area contributed by atoms with Crippen LogP contribution in [0.3, 0.4) is 0 Å². The molecule has 182 valence electrons. The van der Waals surface area contributed by atoms with Gasteiger partial charge in [-0.05, 0) is 12.8 Å². The highest BCUT2D eigenvalue weighted by Gasteiger charge is 2.06. The quantitative estimate of drug-likeness (QED) is 0.164. The van der Waals surface area contributed by atoms with Crippen LogP contribution in [-0.2, 0) is 0 Å². The molecule has 1 aromatic rings. The third kappa shape index (κ3) is 17.2. The average Bonchev–Trinajstić information content (AvgIpc) is 3.23. The van der Waals surface area contributed by atoms with Crippen molar-refractivity contribution in [3.05, 3.63) is 12.3 Å². The van der Waals surface area contributed by atoms with Gasteiger partial charge in [0.05, 0.1) is 13.2 Å². The number of hydrogen-bond donors (Lipinski definition) is 1. The summed E-state index contributed by atoms with van der Waals surface area (Å²) >= 11 is 0. The fourth-order valence-corrected chi connectivity index (χ4v) is 4.10. The zero-order valence-electron chi connectivity index (χ0n) is 21.0. The summed E-state index contributed by atoms with van der Waals surface area (Å²) in [7, 11) is 0. The summed E-state index contributed by atoms with van der Waals surface area (Å²) in [5.41, 5.74) is 0. The molecule has 0 unspecified atom stereocenters. The highest BCUT2D eigenvalue weighted by molar-refractivity contribution is 5.33. The van der Waals surface area contributed by atoms with Crippen LogP contribution in [-0.4, -0.2) is 18.2 Å².